The van der Waals surface area contributed by atoms with Crippen molar-refractivity contribution in [3.8, 4) is 17.4 Å². The first-order valence-corrected chi connectivity index (χ1v) is 8.01. The molecule has 0 saturated carbocycles. The Morgan fingerprint density at radius 3 is 2.68 bits per heavy atom. The molecule has 0 radical (unpaired) electrons. The topological polar surface area (TPSA) is 72.9 Å². The normalized spacial score (nSPS) is 13.8. The number of carbonyl (C=O) groups excluding carboxylic acids is 1. The molecule has 7 heteroatoms. The molecule has 2 amide bonds. The maximum Gasteiger partial charge on any atom is 0.317 e. The zero-order valence-electron chi connectivity index (χ0n) is 14.3. The van der Waals surface area contributed by atoms with Crippen molar-refractivity contribution in [2.75, 3.05) is 27.3 Å². The molecule has 0 atom stereocenters. The van der Waals surface area contributed by atoms with E-state index in [1.54, 1.807) is 31.4 Å². The third-order valence-electron chi connectivity index (χ3n) is 3.95. The molecule has 7 nitrogen and oxygen atoms in total. The number of benzene rings is 1. The van der Waals surface area contributed by atoms with Gasteiger partial charge < -0.3 is 24.4 Å². The van der Waals surface area contributed by atoms with Gasteiger partial charge in [0, 0.05) is 18.8 Å². The summed E-state index contributed by atoms with van der Waals surface area (Å²) in [7, 11) is 3.18. The minimum absolute atomic E-state index is 0.0123. The molecule has 1 saturated heterocycles. The number of rotatable bonds is 6. The summed E-state index contributed by atoms with van der Waals surface area (Å²) in [6.45, 7) is 1.52. The van der Waals surface area contributed by atoms with Gasteiger partial charge in [-0.3, -0.25) is 0 Å². The van der Waals surface area contributed by atoms with E-state index in [9.17, 15) is 4.79 Å². The summed E-state index contributed by atoms with van der Waals surface area (Å²) in [5.41, 5.74) is 0.938. The fraction of sp³-hybridized carbons (Fsp3) is 0.333. The van der Waals surface area contributed by atoms with E-state index in [-0.39, 0.29) is 12.1 Å². The van der Waals surface area contributed by atoms with Crippen LogP contribution in [0.2, 0.25) is 0 Å². The van der Waals surface area contributed by atoms with E-state index in [1.807, 2.05) is 30.3 Å². The number of methoxy groups -OCH3 is 2. The van der Waals surface area contributed by atoms with Crippen LogP contribution in [0.25, 0.3) is 0 Å². The fourth-order valence-corrected chi connectivity index (χ4v) is 2.55. The molecule has 0 bridgehead atoms. The van der Waals surface area contributed by atoms with Crippen LogP contribution >= 0.6 is 0 Å². The number of nitrogens with zero attached hydrogens (tertiary/aromatic N) is 2. The molecule has 1 aromatic carbocycles. The lowest BCUT2D eigenvalue weighted by molar-refractivity contribution is 0.0413. The summed E-state index contributed by atoms with van der Waals surface area (Å²) in [5.74, 6) is 1.88. The van der Waals surface area contributed by atoms with Crippen LogP contribution in [0.3, 0.4) is 0 Å². The van der Waals surface area contributed by atoms with Crippen molar-refractivity contribution in [1.29, 1.82) is 0 Å². The van der Waals surface area contributed by atoms with Crippen LogP contribution in [0, 0.1) is 0 Å². The lowest BCUT2D eigenvalue weighted by Gasteiger charge is -2.38. The second-order valence-electron chi connectivity index (χ2n) is 5.66. The molecule has 0 spiro atoms. The number of nitrogens with one attached hydrogen (secondary N) is 1. The molecule has 1 fully saturated rings. The summed E-state index contributed by atoms with van der Waals surface area (Å²) >= 11 is 0. The third kappa shape index (κ3) is 4.12. The molecule has 2 heterocycles. The number of hydrogen-bond donors (Lipinski definition) is 1. The van der Waals surface area contributed by atoms with Gasteiger partial charge in [0.25, 0.3) is 0 Å². The minimum Gasteiger partial charge on any atom is -0.493 e. The molecule has 0 unspecified atom stereocenters. The number of urea groups is 1. The maximum atomic E-state index is 12.2. The first-order valence-electron chi connectivity index (χ1n) is 8.01. The second kappa shape index (κ2) is 7.74. The zero-order chi connectivity index (χ0) is 17.6. The Morgan fingerprint density at radius 2 is 2.00 bits per heavy atom. The Kier molecular flexibility index (Phi) is 5.23. The molecule has 2 aromatic rings. The van der Waals surface area contributed by atoms with E-state index in [1.165, 1.54) is 0 Å². The predicted octanol–water partition coefficient (Wildman–Crippen LogP) is 2.07. The Bertz CT molecular complexity index is 718. The smallest absolute Gasteiger partial charge is 0.317 e. The lowest BCUT2D eigenvalue weighted by atomic mass is 10.1. The second-order valence-corrected chi connectivity index (χ2v) is 5.66. The summed E-state index contributed by atoms with van der Waals surface area (Å²) < 4.78 is 16.2. The predicted molar refractivity (Wildman–Crippen MR) is 92.0 cm³/mol. The molecule has 1 aliphatic rings. The van der Waals surface area contributed by atoms with E-state index in [0.29, 0.717) is 37.0 Å². The van der Waals surface area contributed by atoms with Gasteiger partial charge in [-0.25, -0.2) is 9.78 Å². The van der Waals surface area contributed by atoms with Gasteiger partial charge in [-0.1, -0.05) is 12.1 Å². The molecule has 25 heavy (non-hydrogen) atoms. The highest BCUT2D eigenvalue weighted by Gasteiger charge is 2.32. The number of amides is 2. The van der Waals surface area contributed by atoms with Crippen molar-refractivity contribution in [3.63, 3.8) is 0 Å². The molecule has 1 aromatic heterocycles. The van der Waals surface area contributed by atoms with Gasteiger partial charge in [0.15, 0.2) is 11.5 Å². The van der Waals surface area contributed by atoms with Crippen molar-refractivity contribution >= 4 is 6.03 Å². The van der Waals surface area contributed by atoms with Gasteiger partial charge in [-0.15, -0.1) is 0 Å². The van der Waals surface area contributed by atoms with E-state index in [4.69, 9.17) is 14.2 Å². The summed E-state index contributed by atoms with van der Waals surface area (Å²) in [5, 5.41) is 2.89. The van der Waals surface area contributed by atoms with Crippen molar-refractivity contribution in [1.82, 2.24) is 15.2 Å². The SMILES string of the molecule is COc1ccc(CNC(=O)N2CC(Oc3ccccn3)C2)cc1OC. The van der Waals surface area contributed by atoms with E-state index < -0.39 is 0 Å². The van der Waals surface area contributed by atoms with E-state index >= 15 is 0 Å². The highest BCUT2D eigenvalue weighted by molar-refractivity contribution is 5.75. The Balaban J connectivity index is 1.45. The minimum atomic E-state index is -0.115. The molecule has 1 N–H and O–H groups in total. The maximum absolute atomic E-state index is 12.2. The van der Waals surface area contributed by atoms with Gasteiger partial charge in [0.2, 0.25) is 5.88 Å². The van der Waals surface area contributed by atoms with Crippen LogP contribution in [0.4, 0.5) is 4.79 Å². The molecular weight excluding hydrogens is 322 g/mol. The van der Waals surface area contributed by atoms with Crippen LogP contribution in [-0.4, -0.2) is 49.3 Å². The highest BCUT2D eigenvalue weighted by atomic mass is 16.5. The molecular formula is C18H21N3O4. The monoisotopic (exact) mass is 343 g/mol. The van der Waals surface area contributed by atoms with Crippen LogP contribution < -0.4 is 19.5 Å². The van der Waals surface area contributed by atoms with E-state index in [2.05, 4.69) is 10.3 Å². The number of carbonyl (C=O) groups is 1. The van der Waals surface area contributed by atoms with Crippen molar-refractivity contribution in [3.05, 3.63) is 48.2 Å². The average Bonchev–Trinajstić information content (AvgIpc) is 2.62. The van der Waals surface area contributed by atoms with Gasteiger partial charge in [0.05, 0.1) is 27.3 Å². The van der Waals surface area contributed by atoms with Crippen LogP contribution in [0.15, 0.2) is 42.6 Å². The quantitative estimate of drug-likeness (QED) is 0.869. The van der Waals surface area contributed by atoms with Gasteiger partial charge in [-0.05, 0) is 23.8 Å². The van der Waals surface area contributed by atoms with Crippen LogP contribution in [0.1, 0.15) is 5.56 Å². The summed E-state index contributed by atoms with van der Waals surface area (Å²) in [6, 6.07) is 11.0. The molecule has 1 aliphatic heterocycles. The molecule has 132 valence electrons. The standard InChI is InChI=1S/C18H21N3O4/c1-23-15-7-6-13(9-16(15)24-2)10-20-18(22)21-11-14(12-21)25-17-5-3-4-8-19-17/h3-9,14H,10-12H2,1-2H3,(H,20,22). The fourth-order valence-electron chi connectivity index (χ4n) is 2.55. The van der Waals surface area contributed by atoms with Crippen molar-refractivity contribution in [2.24, 2.45) is 0 Å². The highest BCUT2D eigenvalue weighted by Crippen LogP contribution is 2.27. The van der Waals surface area contributed by atoms with Crippen molar-refractivity contribution < 1.29 is 19.0 Å². The number of hydrogen-bond acceptors (Lipinski definition) is 5. The first kappa shape index (κ1) is 16.9. The average molecular weight is 343 g/mol. The summed E-state index contributed by atoms with van der Waals surface area (Å²) in [4.78, 5) is 18.0. The first-order chi connectivity index (χ1) is 12.2. The molecule has 3 rings (SSSR count). The lowest BCUT2D eigenvalue weighted by Crippen LogP contribution is -2.58. The number of pyridine rings is 1. The largest absolute Gasteiger partial charge is 0.493 e. The number of ether oxygens (including phenoxy) is 3. The number of likely N-dealkylation sites (tertiary alicyclic amines) is 1. The van der Waals surface area contributed by atoms with Crippen molar-refractivity contribution in [2.45, 2.75) is 12.6 Å². The Morgan fingerprint density at radius 1 is 1.20 bits per heavy atom. The third-order valence-corrected chi connectivity index (χ3v) is 3.95. The van der Waals surface area contributed by atoms with Gasteiger partial charge in [-0.2, -0.15) is 0 Å². The van der Waals surface area contributed by atoms with Gasteiger partial charge in [0.1, 0.15) is 6.10 Å². The molecule has 0 aliphatic carbocycles. The van der Waals surface area contributed by atoms with Crippen LogP contribution in [0.5, 0.6) is 17.4 Å². The Labute approximate surface area is 146 Å². The zero-order valence-corrected chi connectivity index (χ0v) is 14.3. The van der Waals surface area contributed by atoms with Gasteiger partial charge >= 0.3 is 6.03 Å². The summed E-state index contributed by atoms with van der Waals surface area (Å²) in [6.07, 6.45) is 1.67. The Hall–Kier alpha value is -2.96. The number of aromatic nitrogens is 1. The van der Waals surface area contributed by atoms with Crippen LogP contribution in [-0.2, 0) is 6.54 Å². The van der Waals surface area contributed by atoms with E-state index in [0.717, 1.165) is 5.56 Å².